The molecule has 2 rings (SSSR count). The quantitative estimate of drug-likeness (QED) is 0.800. The predicted octanol–water partition coefficient (Wildman–Crippen LogP) is 2.20. The molecule has 0 amide bonds. The van der Waals surface area contributed by atoms with Gasteiger partial charge in [0.05, 0.1) is 18.3 Å². The Morgan fingerprint density at radius 1 is 1.24 bits per heavy atom. The van der Waals surface area contributed by atoms with E-state index in [0.717, 1.165) is 25.6 Å². The first-order chi connectivity index (χ1) is 8.16. The Morgan fingerprint density at radius 3 is 2.71 bits per heavy atom. The monoisotopic (exact) mass is 241 g/mol. The summed E-state index contributed by atoms with van der Waals surface area (Å²) in [5.41, 5.74) is 0. The van der Waals surface area contributed by atoms with E-state index in [2.05, 4.69) is 26.1 Å². The minimum absolute atomic E-state index is 0.333. The SMILES string of the molecule is CC(C)CNCC1CCOC1C1CCC(C)O1. The lowest BCUT2D eigenvalue weighted by atomic mass is 9.95. The number of rotatable bonds is 5. The average molecular weight is 241 g/mol. The molecule has 0 aliphatic carbocycles. The standard InChI is InChI=1S/C14H27NO2/c1-10(2)8-15-9-12-6-7-16-14(12)13-5-4-11(3)17-13/h10-15H,4-9H2,1-3H3. The van der Waals surface area contributed by atoms with Crippen LogP contribution in [0.2, 0.25) is 0 Å². The van der Waals surface area contributed by atoms with Crippen molar-refractivity contribution in [1.82, 2.24) is 5.32 Å². The molecule has 100 valence electrons. The van der Waals surface area contributed by atoms with Gasteiger partial charge < -0.3 is 14.8 Å². The Kier molecular flexibility index (Phi) is 4.83. The fraction of sp³-hybridized carbons (Fsp3) is 1.00. The van der Waals surface area contributed by atoms with Crippen LogP contribution in [0.4, 0.5) is 0 Å². The van der Waals surface area contributed by atoms with Gasteiger partial charge in [-0.05, 0) is 38.6 Å². The molecule has 2 saturated heterocycles. The molecule has 0 spiro atoms. The molecule has 4 unspecified atom stereocenters. The van der Waals surface area contributed by atoms with Crippen molar-refractivity contribution >= 4 is 0 Å². The minimum atomic E-state index is 0.333. The van der Waals surface area contributed by atoms with Crippen LogP contribution in [0.1, 0.15) is 40.0 Å². The third kappa shape index (κ3) is 3.67. The zero-order valence-electron chi connectivity index (χ0n) is 11.4. The van der Waals surface area contributed by atoms with Crippen LogP contribution in [0.25, 0.3) is 0 Å². The highest BCUT2D eigenvalue weighted by Gasteiger charge is 2.38. The maximum Gasteiger partial charge on any atom is 0.0877 e. The summed E-state index contributed by atoms with van der Waals surface area (Å²) in [6.07, 6.45) is 4.65. The lowest BCUT2D eigenvalue weighted by Crippen LogP contribution is -2.37. The van der Waals surface area contributed by atoms with Crippen molar-refractivity contribution in [2.24, 2.45) is 11.8 Å². The molecule has 2 aliphatic heterocycles. The van der Waals surface area contributed by atoms with Crippen LogP contribution in [0, 0.1) is 11.8 Å². The van der Waals surface area contributed by atoms with Crippen LogP contribution in [-0.4, -0.2) is 38.0 Å². The molecule has 2 heterocycles. The van der Waals surface area contributed by atoms with Crippen molar-refractivity contribution in [2.75, 3.05) is 19.7 Å². The molecule has 0 saturated carbocycles. The molecule has 0 radical (unpaired) electrons. The van der Waals surface area contributed by atoms with E-state index in [1.807, 2.05) is 0 Å². The van der Waals surface area contributed by atoms with E-state index in [4.69, 9.17) is 9.47 Å². The second-order valence-corrected chi connectivity index (χ2v) is 6.00. The molecule has 2 aliphatic rings. The van der Waals surface area contributed by atoms with Crippen LogP contribution in [-0.2, 0) is 9.47 Å². The third-order valence-electron chi connectivity index (χ3n) is 3.85. The van der Waals surface area contributed by atoms with E-state index in [0.29, 0.717) is 24.2 Å². The summed E-state index contributed by atoms with van der Waals surface area (Å²) < 4.78 is 11.8. The summed E-state index contributed by atoms with van der Waals surface area (Å²) >= 11 is 0. The normalized spacial score (nSPS) is 38.1. The van der Waals surface area contributed by atoms with Crippen molar-refractivity contribution in [3.8, 4) is 0 Å². The largest absolute Gasteiger partial charge is 0.375 e. The van der Waals surface area contributed by atoms with Gasteiger partial charge >= 0.3 is 0 Å². The summed E-state index contributed by atoms with van der Waals surface area (Å²) in [5.74, 6) is 1.36. The molecule has 2 fully saturated rings. The first-order valence-electron chi connectivity index (χ1n) is 7.14. The molecule has 3 nitrogen and oxygen atoms in total. The summed E-state index contributed by atoms with van der Waals surface area (Å²) in [6, 6.07) is 0. The van der Waals surface area contributed by atoms with Crippen molar-refractivity contribution in [1.29, 1.82) is 0 Å². The van der Waals surface area contributed by atoms with E-state index in [9.17, 15) is 0 Å². The second kappa shape index (κ2) is 6.17. The summed E-state index contributed by atoms with van der Waals surface area (Å²) in [4.78, 5) is 0. The van der Waals surface area contributed by atoms with E-state index in [1.54, 1.807) is 0 Å². The van der Waals surface area contributed by atoms with E-state index < -0.39 is 0 Å². The molecule has 3 heteroatoms. The van der Waals surface area contributed by atoms with Crippen molar-refractivity contribution in [3.05, 3.63) is 0 Å². The van der Waals surface area contributed by atoms with Gasteiger partial charge in [0.25, 0.3) is 0 Å². The molecule has 0 bridgehead atoms. The first kappa shape index (κ1) is 13.3. The van der Waals surface area contributed by atoms with Crippen LogP contribution in [0.15, 0.2) is 0 Å². The van der Waals surface area contributed by atoms with Crippen LogP contribution < -0.4 is 5.32 Å². The van der Waals surface area contributed by atoms with Crippen molar-refractivity contribution < 1.29 is 9.47 Å². The minimum Gasteiger partial charge on any atom is -0.375 e. The highest BCUT2D eigenvalue weighted by atomic mass is 16.6. The maximum atomic E-state index is 5.95. The maximum absolute atomic E-state index is 5.95. The van der Waals surface area contributed by atoms with E-state index in [1.165, 1.54) is 19.3 Å². The van der Waals surface area contributed by atoms with Crippen molar-refractivity contribution in [2.45, 2.75) is 58.3 Å². The fourth-order valence-electron chi connectivity index (χ4n) is 2.92. The van der Waals surface area contributed by atoms with Crippen molar-refractivity contribution in [3.63, 3.8) is 0 Å². The predicted molar refractivity (Wildman–Crippen MR) is 69.1 cm³/mol. The molecule has 0 aromatic carbocycles. The van der Waals surface area contributed by atoms with Gasteiger partial charge in [-0.1, -0.05) is 13.8 Å². The number of nitrogens with one attached hydrogen (secondary N) is 1. The van der Waals surface area contributed by atoms with Gasteiger partial charge in [0, 0.05) is 19.1 Å². The lowest BCUT2D eigenvalue weighted by Gasteiger charge is -2.25. The molecule has 17 heavy (non-hydrogen) atoms. The zero-order valence-corrected chi connectivity index (χ0v) is 11.4. The third-order valence-corrected chi connectivity index (χ3v) is 3.85. The van der Waals surface area contributed by atoms with Crippen LogP contribution >= 0.6 is 0 Å². The topological polar surface area (TPSA) is 30.5 Å². The molecule has 0 aromatic heterocycles. The Bertz CT molecular complexity index is 232. The Labute approximate surface area is 105 Å². The van der Waals surface area contributed by atoms with Gasteiger partial charge in [-0.15, -0.1) is 0 Å². The first-order valence-corrected chi connectivity index (χ1v) is 7.14. The summed E-state index contributed by atoms with van der Waals surface area (Å²) in [5, 5.41) is 3.56. The Hall–Kier alpha value is -0.120. The number of hydrogen-bond acceptors (Lipinski definition) is 3. The number of hydrogen-bond donors (Lipinski definition) is 1. The second-order valence-electron chi connectivity index (χ2n) is 6.00. The Balaban J connectivity index is 1.76. The van der Waals surface area contributed by atoms with Gasteiger partial charge in [-0.3, -0.25) is 0 Å². The van der Waals surface area contributed by atoms with Crippen LogP contribution in [0.3, 0.4) is 0 Å². The average Bonchev–Trinajstić information content (AvgIpc) is 2.86. The van der Waals surface area contributed by atoms with Crippen LogP contribution in [0.5, 0.6) is 0 Å². The molecule has 4 atom stereocenters. The highest BCUT2D eigenvalue weighted by Crippen LogP contribution is 2.31. The fourth-order valence-corrected chi connectivity index (χ4v) is 2.92. The van der Waals surface area contributed by atoms with Gasteiger partial charge in [0.2, 0.25) is 0 Å². The number of ether oxygens (including phenoxy) is 2. The van der Waals surface area contributed by atoms with Gasteiger partial charge in [-0.2, -0.15) is 0 Å². The molecule has 0 aromatic rings. The van der Waals surface area contributed by atoms with Gasteiger partial charge in [-0.25, -0.2) is 0 Å². The van der Waals surface area contributed by atoms with E-state index >= 15 is 0 Å². The summed E-state index contributed by atoms with van der Waals surface area (Å²) in [7, 11) is 0. The molecule has 1 N–H and O–H groups in total. The molecular formula is C14H27NO2. The smallest absolute Gasteiger partial charge is 0.0877 e. The van der Waals surface area contributed by atoms with Gasteiger partial charge in [0.15, 0.2) is 0 Å². The Morgan fingerprint density at radius 2 is 2.06 bits per heavy atom. The zero-order chi connectivity index (χ0) is 12.3. The summed E-state index contributed by atoms with van der Waals surface area (Å²) in [6.45, 7) is 9.75. The van der Waals surface area contributed by atoms with E-state index in [-0.39, 0.29) is 0 Å². The lowest BCUT2D eigenvalue weighted by molar-refractivity contribution is -0.0530. The van der Waals surface area contributed by atoms with Gasteiger partial charge in [0.1, 0.15) is 0 Å². The highest BCUT2D eigenvalue weighted by molar-refractivity contribution is 4.88. The molecular weight excluding hydrogens is 214 g/mol.